The Morgan fingerprint density at radius 1 is 1.35 bits per heavy atom. The van der Waals surface area contributed by atoms with Gasteiger partial charge in [0.25, 0.3) is 0 Å². The van der Waals surface area contributed by atoms with Crippen molar-refractivity contribution in [3.63, 3.8) is 0 Å². The zero-order valence-electron chi connectivity index (χ0n) is 9.77. The first kappa shape index (κ1) is 13.2. The summed E-state index contributed by atoms with van der Waals surface area (Å²) in [6, 6.07) is 7.05. The van der Waals surface area contributed by atoms with Crippen LogP contribution < -0.4 is 16.8 Å². The summed E-state index contributed by atoms with van der Waals surface area (Å²) in [6.07, 6.45) is 0.442. The van der Waals surface area contributed by atoms with Gasteiger partial charge in [-0.15, -0.1) is 0 Å². The summed E-state index contributed by atoms with van der Waals surface area (Å²) in [7, 11) is 0. The maximum Gasteiger partial charge on any atom is 0.237 e. The number of carbonyl (C=O) groups is 2. The molecule has 17 heavy (non-hydrogen) atoms. The van der Waals surface area contributed by atoms with Crippen LogP contribution in [0.5, 0.6) is 0 Å². The van der Waals surface area contributed by atoms with E-state index in [4.69, 9.17) is 11.5 Å². The van der Waals surface area contributed by atoms with Crippen molar-refractivity contribution in [1.82, 2.24) is 5.32 Å². The minimum atomic E-state index is -0.671. The first-order valence-corrected chi connectivity index (χ1v) is 5.37. The molecule has 0 spiro atoms. The van der Waals surface area contributed by atoms with Crippen LogP contribution >= 0.6 is 0 Å². The van der Waals surface area contributed by atoms with Gasteiger partial charge in [-0.3, -0.25) is 9.59 Å². The molecule has 1 aromatic carbocycles. The Bertz CT molecular complexity index is 418. The third kappa shape index (κ3) is 4.24. The number of nitrogens with one attached hydrogen (secondary N) is 1. The minimum absolute atomic E-state index is 0.180. The molecule has 1 atom stereocenters. The molecule has 1 aromatic rings. The van der Waals surface area contributed by atoms with Crippen LogP contribution in [-0.2, 0) is 16.0 Å². The van der Waals surface area contributed by atoms with E-state index in [2.05, 4.69) is 5.32 Å². The Balaban J connectivity index is 2.54. The van der Waals surface area contributed by atoms with Gasteiger partial charge in [-0.05, 0) is 24.5 Å². The van der Waals surface area contributed by atoms with Crippen LogP contribution in [0.3, 0.4) is 0 Å². The molecule has 5 N–H and O–H groups in total. The predicted molar refractivity (Wildman–Crippen MR) is 65.1 cm³/mol. The topological polar surface area (TPSA) is 98.2 Å². The van der Waals surface area contributed by atoms with Crippen LogP contribution in [0.25, 0.3) is 0 Å². The van der Waals surface area contributed by atoms with E-state index in [1.165, 1.54) is 0 Å². The molecular formula is C12H17N3O2. The molecule has 2 amide bonds. The van der Waals surface area contributed by atoms with Gasteiger partial charge in [-0.25, -0.2) is 0 Å². The van der Waals surface area contributed by atoms with E-state index >= 15 is 0 Å². The standard InChI is InChI=1S/C12H17N3O2/c1-8-4-2-3-5-9(8)6-10(13)12(17)15-7-11(14)16/h2-5,10H,6-7,13H2,1H3,(H2,14,16)(H,15,17)/t10-/m1/s1. The van der Waals surface area contributed by atoms with Crippen molar-refractivity contribution in [2.45, 2.75) is 19.4 Å². The molecule has 0 bridgehead atoms. The van der Waals surface area contributed by atoms with Gasteiger partial charge in [0.05, 0.1) is 12.6 Å². The lowest BCUT2D eigenvalue weighted by molar-refractivity contribution is -0.125. The van der Waals surface area contributed by atoms with Gasteiger partial charge in [-0.1, -0.05) is 24.3 Å². The van der Waals surface area contributed by atoms with Gasteiger partial charge in [0.1, 0.15) is 0 Å². The lowest BCUT2D eigenvalue weighted by Gasteiger charge is -2.12. The number of hydrogen-bond acceptors (Lipinski definition) is 3. The molecule has 0 saturated carbocycles. The highest BCUT2D eigenvalue weighted by Crippen LogP contribution is 2.08. The van der Waals surface area contributed by atoms with Crippen molar-refractivity contribution in [2.75, 3.05) is 6.54 Å². The van der Waals surface area contributed by atoms with Crippen molar-refractivity contribution in [2.24, 2.45) is 11.5 Å². The molecule has 0 heterocycles. The number of primary amides is 1. The van der Waals surface area contributed by atoms with Gasteiger partial charge in [0.2, 0.25) is 11.8 Å². The second-order valence-electron chi connectivity index (χ2n) is 3.92. The number of nitrogens with two attached hydrogens (primary N) is 2. The van der Waals surface area contributed by atoms with E-state index in [1.54, 1.807) is 0 Å². The molecular weight excluding hydrogens is 218 g/mol. The Morgan fingerprint density at radius 2 is 2.00 bits per heavy atom. The smallest absolute Gasteiger partial charge is 0.237 e. The van der Waals surface area contributed by atoms with E-state index in [9.17, 15) is 9.59 Å². The molecule has 0 unspecified atom stereocenters. The third-order valence-corrected chi connectivity index (χ3v) is 2.47. The Kier molecular flexibility index (Phi) is 4.66. The van der Waals surface area contributed by atoms with Crippen LogP contribution in [0, 0.1) is 6.92 Å². The largest absolute Gasteiger partial charge is 0.368 e. The number of amides is 2. The second kappa shape index (κ2) is 6.00. The fourth-order valence-electron chi connectivity index (χ4n) is 1.47. The van der Waals surface area contributed by atoms with Gasteiger partial charge >= 0.3 is 0 Å². The zero-order chi connectivity index (χ0) is 12.8. The molecule has 5 nitrogen and oxygen atoms in total. The van der Waals surface area contributed by atoms with E-state index < -0.39 is 11.9 Å². The predicted octanol–water partition coefficient (Wildman–Crippen LogP) is -0.534. The average molecular weight is 235 g/mol. The van der Waals surface area contributed by atoms with Crippen molar-refractivity contribution >= 4 is 11.8 Å². The van der Waals surface area contributed by atoms with Crippen LogP contribution in [0.1, 0.15) is 11.1 Å². The Labute approximate surface area is 100 Å². The third-order valence-electron chi connectivity index (χ3n) is 2.47. The molecule has 5 heteroatoms. The van der Waals surface area contributed by atoms with Gasteiger partial charge < -0.3 is 16.8 Å². The first-order valence-electron chi connectivity index (χ1n) is 5.37. The van der Waals surface area contributed by atoms with Crippen LogP contribution in [0.2, 0.25) is 0 Å². The summed E-state index contributed by atoms with van der Waals surface area (Å²) in [5.74, 6) is -0.950. The SMILES string of the molecule is Cc1ccccc1C[C@@H](N)C(=O)NCC(N)=O. The normalized spacial score (nSPS) is 11.9. The summed E-state index contributed by atoms with van der Waals surface area (Å²) in [5.41, 5.74) is 12.8. The highest BCUT2D eigenvalue weighted by Gasteiger charge is 2.14. The molecule has 0 aliphatic heterocycles. The Hall–Kier alpha value is -1.88. The van der Waals surface area contributed by atoms with Crippen LogP contribution in [0.4, 0.5) is 0 Å². The lowest BCUT2D eigenvalue weighted by atomic mass is 10.0. The van der Waals surface area contributed by atoms with Gasteiger partial charge in [0, 0.05) is 0 Å². The Morgan fingerprint density at radius 3 is 2.59 bits per heavy atom. The molecule has 1 rings (SSSR count). The van der Waals surface area contributed by atoms with E-state index in [1.807, 2.05) is 31.2 Å². The van der Waals surface area contributed by atoms with Gasteiger partial charge in [0.15, 0.2) is 0 Å². The van der Waals surface area contributed by atoms with Crippen LogP contribution in [-0.4, -0.2) is 24.4 Å². The van der Waals surface area contributed by atoms with Crippen molar-refractivity contribution in [3.05, 3.63) is 35.4 Å². The first-order chi connectivity index (χ1) is 8.00. The van der Waals surface area contributed by atoms with Crippen LogP contribution in [0.15, 0.2) is 24.3 Å². The molecule has 0 aliphatic carbocycles. The molecule has 0 radical (unpaired) electrons. The highest BCUT2D eigenvalue weighted by atomic mass is 16.2. The van der Waals surface area contributed by atoms with Crippen molar-refractivity contribution in [1.29, 1.82) is 0 Å². The van der Waals surface area contributed by atoms with Crippen molar-refractivity contribution in [3.8, 4) is 0 Å². The maximum atomic E-state index is 11.5. The molecule has 0 fully saturated rings. The monoisotopic (exact) mass is 235 g/mol. The number of benzene rings is 1. The summed E-state index contributed by atoms with van der Waals surface area (Å²) < 4.78 is 0. The second-order valence-corrected chi connectivity index (χ2v) is 3.92. The number of hydrogen-bond donors (Lipinski definition) is 3. The highest BCUT2D eigenvalue weighted by molar-refractivity contribution is 5.86. The zero-order valence-corrected chi connectivity index (χ0v) is 9.77. The summed E-state index contributed by atoms with van der Waals surface area (Å²) in [6.45, 7) is 1.78. The summed E-state index contributed by atoms with van der Waals surface area (Å²) in [5, 5.41) is 2.38. The summed E-state index contributed by atoms with van der Waals surface area (Å²) in [4.78, 5) is 22.0. The van der Waals surface area contributed by atoms with E-state index in [0.29, 0.717) is 6.42 Å². The molecule has 92 valence electrons. The molecule has 0 aliphatic rings. The average Bonchev–Trinajstić information content (AvgIpc) is 2.28. The van der Waals surface area contributed by atoms with Crippen molar-refractivity contribution < 1.29 is 9.59 Å². The van der Waals surface area contributed by atoms with E-state index in [-0.39, 0.29) is 12.5 Å². The fraction of sp³-hybridized carbons (Fsp3) is 0.333. The summed E-state index contributed by atoms with van der Waals surface area (Å²) >= 11 is 0. The number of rotatable bonds is 5. The molecule has 0 aromatic heterocycles. The van der Waals surface area contributed by atoms with Gasteiger partial charge in [-0.2, -0.15) is 0 Å². The number of carbonyl (C=O) groups excluding carboxylic acids is 2. The number of aryl methyl sites for hydroxylation is 1. The fourth-order valence-corrected chi connectivity index (χ4v) is 1.47. The van der Waals surface area contributed by atoms with E-state index in [0.717, 1.165) is 11.1 Å². The lowest BCUT2D eigenvalue weighted by Crippen LogP contribution is -2.45. The minimum Gasteiger partial charge on any atom is -0.368 e. The quantitative estimate of drug-likeness (QED) is 0.639. The maximum absolute atomic E-state index is 11.5. The molecule has 0 saturated heterocycles.